The normalized spacial score (nSPS) is 36.3. The lowest BCUT2D eigenvalue weighted by Crippen LogP contribution is -2.64. The van der Waals surface area contributed by atoms with Crippen molar-refractivity contribution in [2.75, 3.05) is 32.8 Å². The maximum absolute atomic E-state index is 12.5. The molecule has 5 fully saturated rings. The third-order valence-corrected chi connectivity index (χ3v) is 7.41. The summed E-state index contributed by atoms with van der Waals surface area (Å²) in [4.78, 5) is 17.3. The lowest BCUT2D eigenvalue weighted by atomic mass is 9.52. The van der Waals surface area contributed by atoms with E-state index in [4.69, 9.17) is 4.74 Å². The lowest BCUT2D eigenvalue weighted by Gasteiger charge is -2.61. The summed E-state index contributed by atoms with van der Waals surface area (Å²) in [7, 11) is 0. The van der Waals surface area contributed by atoms with Crippen LogP contribution in [-0.4, -0.2) is 54.0 Å². The van der Waals surface area contributed by atoms with Crippen molar-refractivity contribution >= 4 is 5.91 Å². The number of nitrogens with zero attached hydrogens (tertiary/aromatic N) is 2. The van der Waals surface area contributed by atoms with E-state index in [0.29, 0.717) is 5.54 Å². The number of rotatable bonds is 4. The second-order valence-electron chi connectivity index (χ2n) is 9.11. The predicted octanol–water partition coefficient (Wildman–Crippen LogP) is 3.18. The van der Waals surface area contributed by atoms with Crippen LogP contribution in [0.5, 0.6) is 5.75 Å². The smallest absolute Gasteiger partial charge is 0.260 e. The first-order valence-electron chi connectivity index (χ1n) is 10.4. The van der Waals surface area contributed by atoms with E-state index in [1.165, 1.54) is 38.5 Å². The molecule has 4 heteroatoms. The third-order valence-electron chi connectivity index (χ3n) is 7.41. The van der Waals surface area contributed by atoms with Gasteiger partial charge in [-0.1, -0.05) is 18.2 Å². The molecule has 6 rings (SSSR count). The van der Waals surface area contributed by atoms with Crippen molar-refractivity contribution in [3.63, 3.8) is 0 Å². The Labute approximate surface area is 156 Å². The van der Waals surface area contributed by atoms with E-state index >= 15 is 0 Å². The molecule has 5 aliphatic rings. The molecule has 26 heavy (non-hydrogen) atoms. The van der Waals surface area contributed by atoms with E-state index in [2.05, 4.69) is 4.90 Å². The highest BCUT2D eigenvalue weighted by atomic mass is 16.5. The Morgan fingerprint density at radius 2 is 1.50 bits per heavy atom. The zero-order valence-corrected chi connectivity index (χ0v) is 15.6. The van der Waals surface area contributed by atoms with E-state index in [0.717, 1.165) is 49.7 Å². The molecule has 1 saturated heterocycles. The molecule has 1 heterocycles. The summed E-state index contributed by atoms with van der Waals surface area (Å²) in [5.74, 6) is 3.85. The van der Waals surface area contributed by atoms with Gasteiger partial charge in [0.1, 0.15) is 5.75 Å². The molecule has 4 saturated carbocycles. The number of carbonyl (C=O) groups excluding carboxylic acids is 1. The molecule has 0 unspecified atom stereocenters. The van der Waals surface area contributed by atoms with Crippen molar-refractivity contribution < 1.29 is 9.53 Å². The first-order chi connectivity index (χ1) is 12.7. The maximum Gasteiger partial charge on any atom is 0.260 e. The minimum absolute atomic E-state index is 0.124. The van der Waals surface area contributed by atoms with E-state index in [-0.39, 0.29) is 12.5 Å². The van der Waals surface area contributed by atoms with Gasteiger partial charge in [0.25, 0.3) is 5.91 Å². The summed E-state index contributed by atoms with van der Waals surface area (Å²) < 4.78 is 5.64. The highest BCUT2D eigenvalue weighted by molar-refractivity contribution is 5.77. The molecule has 4 nitrogen and oxygen atoms in total. The Kier molecular flexibility index (Phi) is 4.19. The molecule has 1 aromatic carbocycles. The van der Waals surface area contributed by atoms with Gasteiger partial charge in [-0.3, -0.25) is 9.69 Å². The summed E-state index contributed by atoms with van der Waals surface area (Å²) in [6.07, 6.45) is 8.75. The van der Waals surface area contributed by atoms with Crippen molar-refractivity contribution in [3.05, 3.63) is 30.3 Å². The SMILES string of the molecule is O=C(COc1ccccc1)N1CCN(C23CC4CC(CC(C4)C2)C3)CC1. The molecule has 4 aliphatic carbocycles. The van der Waals surface area contributed by atoms with Crippen LogP contribution >= 0.6 is 0 Å². The van der Waals surface area contributed by atoms with E-state index in [1.807, 2.05) is 35.2 Å². The average Bonchev–Trinajstić information content (AvgIpc) is 2.66. The van der Waals surface area contributed by atoms with Gasteiger partial charge in [-0.2, -0.15) is 0 Å². The van der Waals surface area contributed by atoms with Crippen LogP contribution in [0.2, 0.25) is 0 Å². The van der Waals surface area contributed by atoms with Gasteiger partial charge in [0.05, 0.1) is 0 Å². The number of piperazine rings is 1. The van der Waals surface area contributed by atoms with Crippen LogP contribution in [0.1, 0.15) is 38.5 Å². The second kappa shape index (κ2) is 6.56. The Bertz CT molecular complexity index is 616. The van der Waals surface area contributed by atoms with E-state index < -0.39 is 0 Å². The van der Waals surface area contributed by atoms with Crippen LogP contribution in [0.25, 0.3) is 0 Å². The predicted molar refractivity (Wildman–Crippen MR) is 101 cm³/mol. The second-order valence-corrected chi connectivity index (χ2v) is 9.11. The average molecular weight is 354 g/mol. The Morgan fingerprint density at radius 3 is 2.08 bits per heavy atom. The lowest BCUT2D eigenvalue weighted by molar-refractivity contribution is -0.140. The van der Waals surface area contributed by atoms with Crippen LogP contribution in [0, 0.1) is 17.8 Å². The Balaban J connectivity index is 1.16. The molecule has 0 atom stereocenters. The third kappa shape index (κ3) is 3.02. The van der Waals surface area contributed by atoms with Gasteiger partial charge in [-0.05, 0) is 68.4 Å². The van der Waals surface area contributed by atoms with Crippen LogP contribution < -0.4 is 4.74 Å². The highest BCUT2D eigenvalue weighted by Gasteiger charge is 2.53. The van der Waals surface area contributed by atoms with Gasteiger partial charge in [0, 0.05) is 31.7 Å². The first-order valence-corrected chi connectivity index (χ1v) is 10.4. The van der Waals surface area contributed by atoms with Crippen molar-refractivity contribution in [3.8, 4) is 5.75 Å². The van der Waals surface area contributed by atoms with Gasteiger partial charge < -0.3 is 9.64 Å². The number of hydrogen-bond acceptors (Lipinski definition) is 3. The maximum atomic E-state index is 12.5. The van der Waals surface area contributed by atoms with Crippen molar-refractivity contribution in [1.29, 1.82) is 0 Å². The fraction of sp³-hybridized carbons (Fsp3) is 0.682. The fourth-order valence-electron chi connectivity index (χ4n) is 6.64. The number of carbonyl (C=O) groups is 1. The molecule has 0 radical (unpaired) electrons. The summed E-state index contributed by atoms with van der Waals surface area (Å²) in [6, 6.07) is 9.63. The quantitative estimate of drug-likeness (QED) is 0.833. The molecule has 0 spiro atoms. The molecule has 4 bridgehead atoms. The van der Waals surface area contributed by atoms with Gasteiger partial charge in [-0.15, -0.1) is 0 Å². The van der Waals surface area contributed by atoms with Crippen molar-refractivity contribution in [2.24, 2.45) is 17.8 Å². The first kappa shape index (κ1) is 16.6. The molecule has 140 valence electrons. The van der Waals surface area contributed by atoms with Gasteiger partial charge in [-0.25, -0.2) is 0 Å². The minimum Gasteiger partial charge on any atom is -0.484 e. The van der Waals surface area contributed by atoms with Crippen LogP contribution in [-0.2, 0) is 4.79 Å². The molecular weight excluding hydrogens is 324 g/mol. The zero-order valence-electron chi connectivity index (χ0n) is 15.6. The minimum atomic E-state index is 0.124. The number of ether oxygens (including phenoxy) is 1. The zero-order chi connectivity index (χ0) is 17.6. The molecule has 1 amide bonds. The number of amides is 1. The standard InChI is InChI=1S/C22H30N2O2/c25-21(16-26-20-4-2-1-3-5-20)23-6-8-24(9-7-23)22-13-17-10-18(14-22)12-19(11-17)15-22/h1-5,17-19H,6-16H2. The number of hydrogen-bond donors (Lipinski definition) is 0. The van der Waals surface area contributed by atoms with Crippen LogP contribution in [0.3, 0.4) is 0 Å². The van der Waals surface area contributed by atoms with E-state index in [1.54, 1.807) is 0 Å². The highest BCUT2D eigenvalue weighted by Crippen LogP contribution is 2.57. The molecule has 0 N–H and O–H groups in total. The van der Waals surface area contributed by atoms with Crippen LogP contribution in [0.15, 0.2) is 30.3 Å². The Hall–Kier alpha value is -1.55. The summed E-state index contributed by atoms with van der Waals surface area (Å²) in [5.41, 5.74) is 0.477. The number of para-hydroxylation sites is 1. The van der Waals surface area contributed by atoms with Gasteiger partial charge in [0.15, 0.2) is 6.61 Å². The molecule has 1 aromatic rings. The molecule has 0 aromatic heterocycles. The summed E-state index contributed by atoms with van der Waals surface area (Å²) in [6.45, 7) is 3.96. The fourth-order valence-corrected chi connectivity index (χ4v) is 6.64. The monoisotopic (exact) mass is 354 g/mol. The summed E-state index contributed by atoms with van der Waals surface area (Å²) in [5, 5.41) is 0. The van der Waals surface area contributed by atoms with Crippen molar-refractivity contribution in [1.82, 2.24) is 9.80 Å². The number of benzene rings is 1. The largest absolute Gasteiger partial charge is 0.484 e. The topological polar surface area (TPSA) is 32.8 Å². The van der Waals surface area contributed by atoms with Gasteiger partial charge in [0.2, 0.25) is 0 Å². The van der Waals surface area contributed by atoms with Crippen LogP contribution in [0.4, 0.5) is 0 Å². The summed E-state index contributed by atoms with van der Waals surface area (Å²) >= 11 is 0. The Morgan fingerprint density at radius 1 is 0.923 bits per heavy atom. The van der Waals surface area contributed by atoms with Gasteiger partial charge >= 0.3 is 0 Å². The molecular formula is C22H30N2O2. The molecule has 1 aliphatic heterocycles. The van der Waals surface area contributed by atoms with E-state index in [9.17, 15) is 4.79 Å². The van der Waals surface area contributed by atoms with Crippen molar-refractivity contribution in [2.45, 2.75) is 44.1 Å².